The molecule has 0 aliphatic carbocycles. The number of rotatable bonds is 15. The molecular formula is C37H43N3O6. The first-order valence-electron chi connectivity index (χ1n) is 15.7. The van der Waals surface area contributed by atoms with Crippen LogP contribution in [0.1, 0.15) is 48.5 Å². The van der Waals surface area contributed by atoms with E-state index in [0.29, 0.717) is 57.1 Å². The molecule has 9 heteroatoms. The van der Waals surface area contributed by atoms with E-state index in [-0.39, 0.29) is 12.5 Å². The fourth-order valence-electron chi connectivity index (χ4n) is 5.97. The number of unbranched alkanes of at least 4 members (excludes halogenated alkanes) is 3. The van der Waals surface area contributed by atoms with Crippen LogP contribution in [0.5, 0.6) is 23.0 Å². The van der Waals surface area contributed by atoms with Crippen LogP contribution in [-0.4, -0.2) is 61.7 Å². The van der Waals surface area contributed by atoms with Crippen molar-refractivity contribution < 1.29 is 28.8 Å². The predicted molar refractivity (Wildman–Crippen MR) is 182 cm³/mol. The van der Waals surface area contributed by atoms with Crippen molar-refractivity contribution in [1.82, 2.24) is 14.9 Å². The van der Waals surface area contributed by atoms with Gasteiger partial charge in [0, 0.05) is 34.6 Å². The minimum Gasteiger partial charge on any atom is -0.497 e. The van der Waals surface area contributed by atoms with E-state index in [0.717, 1.165) is 23.9 Å². The van der Waals surface area contributed by atoms with Crippen molar-refractivity contribution in [1.29, 1.82) is 0 Å². The maximum Gasteiger partial charge on any atom is 0.252 e. The molecule has 5 rings (SSSR count). The standard InChI is InChI=1S/C37H43N3O6/c1-6-7-8-11-16-40-22-25(28-12-9-10-13-33(28)40)17-26(23-41)38-37(42)30-21-32(39-31-15-14-27(43-2)20-29(30)31)24-18-34(44-3)36(46-5)35(19-24)45-4/h9-10,12-15,18-22,26,41H,6-8,11,16-17,23H2,1-5H3,(H,38,42). The van der Waals surface area contributed by atoms with Gasteiger partial charge in [-0.15, -0.1) is 0 Å². The summed E-state index contributed by atoms with van der Waals surface area (Å²) in [5.41, 5.74) is 4.51. The lowest BCUT2D eigenvalue weighted by atomic mass is 10.0. The summed E-state index contributed by atoms with van der Waals surface area (Å²) >= 11 is 0. The number of pyridine rings is 1. The summed E-state index contributed by atoms with van der Waals surface area (Å²) in [6, 6.07) is 18.6. The summed E-state index contributed by atoms with van der Waals surface area (Å²) in [6.07, 6.45) is 7.37. The highest BCUT2D eigenvalue weighted by Gasteiger charge is 2.22. The van der Waals surface area contributed by atoms with E-state index in [1.165, 1.54) is 24.8 Å². The van der Waals surface area contributed by atoms with Gasteiger partial charge in [-0.3, -0.25) is 4.79 Å². The number of fused-ring (bicyclic) bond motifs is 2. The van der Waals surface area contributed by atoms with Gasteiger partial charge in [-0.1, -0.05) is 44.4 Å². The number of nitrogens with zero attached hydrogens (tertiary/aromatic N) is 2. The molecule has 0 aliphatic heterocycles. The van der Waals surface area contributed by atoms with Crippen LogP contribution in [0.4, 0.5) is 0 Å². The van der Waals surface area contributed by atoms with E-state index in [4.69, 9.17) is 23.9 Å². The Hall–Kier alpha value is -4.76. The van der Waals surface area contributed by atoms with E-state index in [2.05, 4.69) is 35.1 Å². The molecule has 5 aromatic rings. The Morgan fingerprint density at radius 3 is 2.33 bits per heavy atom. The highest BCUT2D eigenvalue weighted by Crippen LogP contribution is 2.41. The SMILES string of the molecule is CCCCCCn1cc(CC(CO)NC(=O)c2cc(-c3cc(OC)c(OC)c(OC)c3)nc3ccc(OC)cc23)c2ccccc21. The number of aryl methyl sites for hydroxylation is 1. The number of para-hydroxylation sites is 1. The van der Waals surface area contributed by atoms with Gasteiger partial charge in [0.25, 0.3) is 5.91 Å². The van der Waals surface area contributed by atoms with Crippen molar-refractivity contribution in [2.45, 2.75) is 51.6 Å². The fourth-order valence-corrected chi connectivity index (χ4v) is 5.97. The second-order valence-corrected chi connectivity index (χ2v) is 11.3. The molecule has 0 radical (unpaired) electrons. The van der Waals surface area contributed by atoms with Gasteiger partial charge in [0.15, 0.2) is 11.5 Å². The zero-order chi connectivity index (χ0) is 32.6. The predicted octanol–water partition coefficient (Wildman–Crippen LogP) is 6.80. The minimum absolute atomic E-state index is 0.214. The summed E-state index contributed by atoms with van der Waals surface area (Å²) in [5.74, 6) is 1.70. The lowest BCUT2D eigenvalue weighted by Crippen LogP contribution is -2.39. The normalized spacial score (nSPS) is 11.9. The number of methoxy groups -OCH3 is 4. The lowest BCUT2D eigenvalue weighted by Gasteiger charge is -2.18. The van der Waals surface area contributed by atoms with Gasteiger partial charge in [0.05, 0.1) is 57.9 Å². The number of aliphatic hydroxyl groups is 1. The van der Waals surface area contributed by atoms with Gasteiger partial charge in [-0.25, -0.2) is 4.98 Å². The molecule has 0 spiro atoms. The fraction of sp³-hybridized carbons (Fsp3) is 0.351. The van der Waals surface area contributed by atoms with Crippen molar-refractivity contribution in [3.05, 3.63) is 78.0 Å². The van der Waals surface area contributed by atoms with Crippen molar-refractivity contribution in [3.63, 3.8) is 0 Å². The Kier molecular flexibility index (Phi) is 10.6. The van der Waals surface area contributed by atoms with Gasteiger partial charge in [-0.2, -0.15) is 0 Å². The van der Waals surface area contributed by atoms with Gasteiger partial charge in [-0.05, 0) is 60.9 Å². The molecule has 0 bridgehead atoms. The number of carbonyl (C=O) groups excluding carboxylic acids is 1. The Morgan fingerprint density at radius 1 is 0.891 bits per heavy atom. The molecule has 9 nitrogen and oxygen atoms in total. The third kappa shape index (κ3) is 6.89. The van der Waals surface area contributed by atoms with Crippen LogP contribution in [0.25, 0.3) is 33.1 Å². The Labute approximate surface area is 270 Å². The average Bonchev–Trinajstić information content (AvgIpc) is 3.44. The molecule has 242 valence electrons. The third-order valence-corrected chi connectivity index (χ3v) is 8.37. The van der Waals surface area contributed by atoms with E-state index < -0.39 is 6.04 Å². The zero-order valence-electron chi connectivity index (χ0n) is 27.3. The molecular weight excluding hydrogens is 582 g/mol. The van der Waals surface area contributed by atoms with Gasteiger partial charge in [0.2, 0.25) is 5.75 Å². The number of hydrogen-bond acceptors (Lipinski definition) is 7. The monoisotopic (exact) mass is 625 g/mol. The summed E-state index contributed by atoms with van der Waals surface area (Å²) in [5, 5.41) is 15.3. The largest absolute Gasteiger partial charge is 0.497 e. The molecule has 46 heavy (non-hydrogen) atoms. The number of benzene rings is 3. The van der Waals surface area contributed by atoms with E-state index >= 15 is 0 Å². The molecule has 1 amide bonds. The first-order chi connectivity index (χ1) is 22.4. The molecule has 0 saturated heterocycles. The van der Waals surface area contributed by atoms with Gasteiger partial charge in [0.1, 0.15) is 5.75 Å². The summed E-state index contributed by atoms with van der Waals surface area (Å²) < 4.78 is 24.4. The number of hydrogen-bond donors (Lipinski definition) is 2. The van der Waals surface area contributed by atoms with Crippen LogP contribution in [0.2, 0.25) is 0 Å². The molecule has 2 heterocycles. The van der Waals surface area contributed by atoms with Crippen LogP contribution in [0, 0.1) is 0 Å². The molecule has 1 unspecified atom stereocenters. The lowest BCUT2D eigenvalue weighted by molar-refractivity contribution is 0.0918. The molecule has 0 aliphatic rings. The highest BCUT2D eigenvalue weighted by atomic mass is 16.5. The van der Waals surface area contributed by atoms with Crippen LogP contribution in [-0.2, 0) is 13.0 Å². The van der Waals surface area contributed by atoms with Crippen LogP contribution in [0.3, 0.4) is 0 Å². The number of aliphatic hydroxyl groups excluding tert-OH is 1. The molecule has 0 fully saturated rings. The van der Waals surface area contributed by atoms with E-state index in [1.807, 2.05) is 24.3 Å². The Bertz CT molecular complexity index is 1790. The number of nitrogens with one attached hydrogen (secondary N) is 1. The van der Waals surface area contributed by atoms with Crippen LogP contribution >= 0.6 is 0 Å². The smallest absolute Gasteiger partial charge is 0.252 e. The zero-order valence-corrected chi connectivity index (χ0v) is 27.3. The minimum atomic E-state index is -0.509. The van der Waals surface area contributed by atoms with Crippen molar-refractivity contribution in [2.24, 2.45) is 0 Å². The third-order valence-electron chi connectivity index (χ3n) is 8.37. The average molecular weight is 626 g/mol. The highest BCUT2D eigenvalue weighted by molar-refractivity contribution is 6.07. The summed E-state index contributed by atoms with van der Waals surface area (Å²) in [4.78, 5) is 18.9. The number of carbonyl (C=O) groups is 1. The molecule has 2 N–H and O–H groups in total. The first-order valence-corrected chi connectivity index (χ1v) is 15.7. The van der Waals surface area contributed by atoms with Crippen molar-refractivity contribution in [2.75, 3.05) is 35.0 Å². The maximum atomic E-state index is 14.1. The van der Waals surface area contributed by atoms with Crippen molar-refractivity contribution in [3.8, 4) is 34.3 Å². The first kappa shape index (κ1) is 32.6. The number of amides is 1. The second-order valence-electron chi connectivity index (χ2n) is 11.3. The number of aromatic nitrogens is 2. The summed E-state index contributed by atoms with van der Waals surface area (Å²) in [7, 11) is 6.24. The molecule has 1 atom stereocenters. The van der Waals surface area contributed by atoms with Gasteiger partial charge < -0.3 is 33.9 Å². The van der Waals surface area contributed by atoms with Crippen LogP contribution in [0.15, 0.2) is 66.9 Å². The molecule has 0 saturated carbocycles. The topological polar surface area (TPSA) is 104 Å². The van der Waals surface area contributed by atoms with E-state index in [1.54, 1.807) is 52.7 Å². The van der Waals surface area contributed by atoms with Crippen LogP contribution < -0.4 is 24.3 Å². The quantitative estimate of drug-likeness (QED) is 0.123. The summed E-state index contributed by atoms with van der Waals surface area (Å²) in [6.45, 7) is 2.94. The Morgan fingerprint density at radius 2 is 1.65 bits per heavy atom. The maximum absolute atomic E-state index is 14.1. The number of ether oxygens (including phenoxy) is 4. The molecule has 3 aromatic carbocycles. The van der Waals surface area contributed by atoms with E-state index in [9.17, 15) is 9.90 Å². The Balaban J connectivity index is 1.49. The van der Waals surface area contributed by atoms with Crippen molar-refractivity contribution >= 4 is 27.7 Å². The van der Waals surface area contributed by atoms with Gasteiger partial charge >= 0.3 is 0 Å². The second kappa shape index (κ2) is 15.0. The molecule has 2 aromatic heterocycles.